The first-order valence-electron chi connectivity index (χ1n) is 5.85. The Morgan fingerprint density at radius 1 is 1.14 bits per heavy atom. The summed E-state index contributed by atoms with van der Waals surface area (Å²) in [7, 11) is 0. The van der Waals surface area contributed by atoms with E-state index in [1.165, 1.54) is 31.4 Å². The number of nitrogens with one attached hydrogen (secondary N) is 1. The standard InChI is InChI=1S/C13H25N/c1-10-6-8-12(9-7-10)11(2)14-13(3,4)5/h10,12,14H,2,6-9H2,1,3-5H3. The van der Waals surface area contributed by atoms with Crippen LogP contribution in [0.5, 0.6) is 0 Å². The summed E-state index contributed by atoms with van der Waals surface area (Å²) in [6.45, 7) is 13.1. The fourth-order valence-corrected chi connectivity index (χ4v) is 2.19. The fraction of sp³-hybridized carbons (Fsp3) is 0.846. The van der Waals surface area contributed by atoms with Crippen LogP contribution in [0.1, 0.15) is 53.4 Å². The van der Waals surface area contributed by atoms with E-state index in [2.05, 4.69) is 39.6 Å². The lowest BCUT2D eigenvalue weighted by atomic mass is 9.81. The summed E-state index contributed by atoms with van der Waals surface area (Å²) in [5, 5.41) is 3.51. The molecule has 0 radical (unpaired) electrons. The zero-order valence-corrected chi connectivity index (χ0v) is 10.2. The van der Waals surface area contributed by atoms with Gasteiger partial charge in [-0.05, 0) is 45.4 Å². The monoisotopic (exact) mass is 195 g/mol. The normalized spacial score (nSPS) is 28.6. The van der Waals surface area contributed by atoms with Crippen LogP contribution in [0.3, 0.4) is 0 Å². The van der Waals surface area contributed by atoms with Crippen molar-refractivity contribution >= 4 is 0 Å². The van der Waals surface area contributed by atoms with Crippen molar-refractivity contribution in [3.8, 4) is 0 Å². The Labute approximate surface area is 89.0 Å². The molecule has 0 aliphatic heterocycles. The minimum atomic E-state index is 0.167. The van der Waals surface area contributed by atoms with Crippen molar-refractivity contribution in [3.63, 3.8) is 0 Å². The second-order valence-corrected chi connectivity index (χ2v) is 5.86. The van der Waals surface area contributed by atoms with Crippen molar-refractivity contribution in [2.75, 3.05) is 0 Å². The third-order valence-electron chi connectivity index (χ3n) is 3.04. The lowest BCUT2D eigenvalue weighted by molar-refractivity contribution is 0.299. The summed E-state index contributed by atoms with van der Waals surface area (Å²) in [4.78, 5) is 0. The number of hydrogen-bond donors (Lipinski definition) is 1. The highest BCUT2D eigenvalue weighted by Gasteiger charge is 2.22. The predicted molar refractivity (Wildman–Crippen MR) is 63.2 cm³/mol. The van der Waals surface area contributed by atoms with Crippen LogP contribution >= 0.6 is 0 Å². The van der Waals surface area contributed by atoms with Crippen molar-refractivity contribution in [2.24, 2.45) is 11.8 Å². The van der Waals surface area contributed by atoms with Crippen molar-refractivity contribution < 1.29 is 0 Å². The number of allylic oxidation sites excluding steroid dienone is 1. The molecule has 0 heterocycles. The van der Waals surface area contributed by atoms with Gasteiger partial charge in [0.05, 0.1) is 0 Å². The summed E-state index contributed by atoms with van der Waals surface area (Å²) < 4.78 is 0. The summed E-state index contributed by atoms with van der Waals surface area (Å²) >= 11 is 0. The molecular weight excluding hydrogens is 170 g/mol. The van der Waals surface area contributed by atoms with Crippen LogP contribution < -0.4 is 5.32 Å². The van der Waals surface area contributed by atoms with Gasteiger partial charge in [0.1, 0.15) is 0 Å². The van der Waals surface area contributed by atoms with Gasteiger partial charge in [0.15, 0.2) is 0 Å². The molecule has 0 aromatic heterocycles. The van der Waals surface area contributed by atoms with Gasteiger partial charge in [-0.3, -0.25) is 0 Å². The highest BCUT2D eigenvalue weighted by molar-refractivity contribution is 5.02. The molecule has 14 heavy (non-hydrogen) atoms. The first kappa shape index (κ1) is 11.6. The molecule has 1 fully saturated rings. The first-order chi connectivity index (χ1) is 6.38. The molecule has 1 heteroatoms. The molecule has 1 saturated carbocycles. The molecule has 0 bridgehead atoms. The summed E-state index contributed by atoms with van der Waals surface area (Å²) in [5.74, 6) is 1.64. The summed E-state index contributed by atoms with van der Waals surface area (Å²) in [5.41, 5.74) is 1.42. The largest absolute Gasteiger partial charge is 0.384 e. The molecule has 0 aromatic carbocycles. The van der Waals surface area contributed by atoms with Crippen LogP contribution in [0, 0.1) is 11.8 Å². The zero-order valence-electron chi connectivity index (χ0n) is 10.2. The zero-order chi connectivity index (χ0) is 10.8. The summed E-state index contributed by atoms with van der Waals surface area (Å²) in [6.07, 6.45) is 5.39. The van der Waals surface area contributed by atoms with Crippen molar-refractivity contribution in [1.82, 2.24) is 5.32 Å². The van der Waals surface area contributed by atoms with E-state index in [4.69, 9.17) is 0 Å². The Bertz CT molecular complexity index is 192. The third kappa shape index (κ3) is 3.73. The average molecular weight is 195 g/mol. The second kappa shape index (κ2) is 4.37. The average Bonchev–Trinajstić information content (AvgIpc) is 2.02. The van der Waals surface area contributed by atoms with Gasteiger partial charge >= 0.3 is 0 Å². The summed E-state index contributed by atoms with van der Waals surface area (Å²) in [6, 6.07) is 0. The minimum absolute atomic E-state index is 0.167. The van der Waals surface area contributed by atoms with E-state index in [1.54, 1.807) is 0 Å². The van der Waals surface area contributed by atoms with Crippen LogP contribution in [0.4, 0.5) is 0 Å². The lowest BCUT2D eigenvalue weighted by Gasteiger charge is -2.32. The molecule has 0 unspecified atom stereocenters. The van der Waals surface area contributed by atoms with E-state index in [0.29, 0.717) is 5.92 Å². The SMILES string of the molecule is C=C(NC(C)(C)C)C1CCC(C)CC1. The molecule has 1 aliphatic rings. The maximum absolute atomic E-state index is 4.18. The first-order valence-corrected chi connectivity index (χ1v) is 5.85. The highest BCUT2D eigenvalue weighted by Crippen LogP contribution is 2.31. The second-order valence-electron chi connectivity index (χ2n) is 5.86. The molecule has 1 aliphatic carbocycles. The highest BCUT2D eigenvalue weighted by atomic mass is 15.0. The molecule has 1 rings (SSSR count). The van der Waals surface area contributed by atoms with E-state index in [9.17, 15) is 0 Å². The van der Waals surface area contributed by atoms with E-state index in [1.807, 2.05) is 0 Å². The van der Waals surface area contributed by atoms with Gasteiger partial charge in [-0.25, -0.2) is 0 Å². The molecule has 1 nitrogen and oxygen atoms in total. The van der Waals surface area contributed by atoms with Gasteiger partial charge < -0.3 is 5.32 Å². The van der Waals surface area contributed by atoms with Crippen molar-refractivity contribution in [2.45, 2.75) is 58.9 Å². The molecule has 0 amide bonds. The van der Waals surface area contributed by atoms with E-state index in [0.717, 1.165) is 5.92 Å². The van der Waals surface area contributed by atoms with Gasteiger partial charge in [0, 0.05) is 11.2 Å². The van der Waals surface area contributed by atoms with Gasteiger partial charge in [-0.1, -0.05) is 26.3 Å². The number of rotatable bonds is 2. The number of hydrogen-bond acceptors (Lipinski definition) is 1. The van der Waals surface area contributed by atoms with E-state index in [-0.39, 0.29) is 5.54 Å². The Kier molecular flexibility index (Phi) is 3.63. The molecule has 0 saturated heterocycles. The topological polar surface area (TPSA) is 12.0 Å². The molecule has 1 N–H and O–H groups in total. The van der Waals surface area contributed by atoms with Crippen molar-refractivity contribution in [1.29, 1.82) is 0 Å². The minimum Gasteiger partial charge on any atom is -0.384 e. The quantitative estimate of drug-likeness (QED) is 0.708. The fourth-order valence-electron chi connectivity index (χ4n) is 2.19. The van der Waals surface area contributed by atoms with E-state index >= 15 is 0 Å². The van der Waals surface area contributed by atoms with Crippen LogP contribution in [0.25, 0.3) is 0 Å². The van der Waals surface area contributed by atoms with Gasteiger partial charge in [-0.15, -0.1) is 0 Å². The molecule has 0 atom stereocenters. The van der Waals surface area contributed by atoms with E-state index < -0.39 is 0 Å². The van der Waals surface area contributed by atoms with Gasteiger partial charge in [0.25, 0.3) is 0 Å². The van der Waals surface area contributed by atoms with Crippen LogP contribution in [-0.2, 0) is 0 Å². The van der Waals surface area contributed by atoms with Crippen molar-refractivity contribution in [3.05, 3.63) is 12.3 Å². The van der Waals surface area contributed by atoms with Gasteiger partial charge in [-0.2, -0.15) is 0 Å². The Morgan fingerprint density at radius 3 is 2.07 bits per heavy atom. The Balaban J connectivity index is 2.38. The molecule has 0 aromatic rings. The molecule has 0 spiro atoms. The Hall–Kier alpha value is -0.460. The van der Waals surface area contributed by atoms with Crippen LogP contribution in [0.15, 0.2) is 12.3 Å². The van der Waals surface area contributed by atoms with Crippen LogP contribution in [-0.4, -0.2) is 5.54 Å². The smallest absolute Gasteiger partial charge is 0.0286 e. The maximum Gasteiger partial charge on any atom is 0.0286 e. The van der Waals surface area contributed by atoms with Gasteiger partial charge in [0.2, 0.25) is 0 Å². The third-order valence-corrected chi connectivity index (χ3v) is 3.04. The predicted octanol–water partition coefficient (Wildman–Crippen LogP) is 3.71. The molecule has 82 valence electrons. The van der Waals surface area contributed by atoms with Crippen LogP contribution in [0.2, 0.25) is 0 Å². The molecular formula is C13H25N. The lowest BCUT2D eigenvalue weighted by Crippen LogP contribution is -2.37. The Morgan fingerprint density at radius 2 is 1.64 bits per heavy atom. The maximum atomic E-state index is 4.18.